The molecule has 0 radical (unpaired) electrons. The average molecular weight is 260 g/mol. The molecular weight excluding hydrogens is 241 g/mol. The van der Waals surface area contributed by atoms with Gasteiger partial charge in [-0.3, -0.25) is 4.98 Å². The van der Waals surface area contributed by atoms with Crippen molar-refractivity contribution in [1.82, 2.24) is 10.3 Å². The minimum atomic E-state index is -4.07. The molecule has 1 unspecified atom stereocenters. The number of hydrogen-bond acceptors (Lipinski definition) is 2. The highest BCUT2D eigenvalue weighted by Gasteiger charge is 2.27. The van der Waals surface area contributed by atoms with Crippen molar-refractivity contribution in [1.29, 1.82) is 0 Å². The zero-order valence-corrected chi connectivity index (χ0v) is 10.7. The molecule has 0 saturated heterocycles. The maximum atomic E-state index is 12.1. The fourth-order valence-electron chi connectivity index (χ4n) is 1.99. The first-order valence-electron chi connectivity index (χ1n) is 6.15. The number of alkyl halides is 3. The van der Waals surface area contributed by atoms with Gasteiger partial charge in [-0.2, -0.15) is 13.2 Å². The lowest BCUT2D eigenvalue weighted by Gasteiger charge is -2.20. The molecule has 1 N–H and O–H groups in total. The molecule has 5 heteroatoms. The third-order valence-electron chi connectivity index (χ3n) is 2.83. The number of aryl methyl sites for hydroxylation is 1. The molecule has 0 spiro atoms. The number of pyridine rings is 1. The summed E-state index contributed by atoms with van der Waals surface area (Å²) in [5.41, 5.74) is 1.86. The van der Waals surface area contributed by atoms with Crippen molar-refractivity contribution in [2.24, 2.45) is 0 Å². The van der Waals surface area contributed by atoms with Crippen LogP contribution in [0, 0.1) is 6.92 Å². The Morgan fingerprint density at radius 1 is 1.39 bits per heavy atom. The summed E-state index contributed by atoms with van der Waals surface area (Å²) in [5, 5.41) is 3.22. The Labute approximate surface area is 106 Å². The van der Waals surface area contributed by atoms with Crippen LogP contribution in [0.2, 0.25) is 0 Å². The van der Waals surface area contributed by atoms with E-state index in [0.717, 1.165) is 17.8 Å². The standard InChI is InChI=1S/C13H19F3N2/c1-3-17-12(7-4-8-13(14,15)16)11-6-5-9-18-10(11)2/h5-6,9,12,17H,3-4,7-8H2,1-2H3. The van der Waals surface area contributed by atoms with Gasteiger partial charge in [0.05, 0.1) is 0 Å². The first-order chi connectivity index (χ1) is 8.44. The molecule has 0 fully saturated rings. The second kappa shape index (κ2) is 6.73. The van der Waals surface area contributed by atoms with Gasteiger partial charge in [-0.25, -0.2) is 0 Å². The predicted octanol–water partition coefficient (Wildman–Crippen LogP) is 3.77. The summed E-state index contributed by atoms with van der Waals surface area (Å²) in [7, 11) is 0. The highest BCUT2D eigenvalue weighted by molar-refractivity contribution is 5.22. The Morgan fingerprint density at radius 2 is 2.11 bits per heavy atom. The number of aromatic nitrogens is 1. The molecule has 0 aliphatic heterocycles. The zero-order valence-electron chi connectivity index (χ0n) is 10.7. The first kappa shape index (κ1) is 15.0. The molecule has 2 nitrogen and oxygen atoms in total. The van der Waals surface area contributed by atoms with Crippen LogP contribution in [0.4, 0.5) is 13.2 Å². The van der Waals surface area contributed by atoms with Gasteiger partial charge >= 0.3 is 6.18 Å². The Morgan fingerprint density at radius 3 is 2.67 bits per heavy atom. The highest BCUT2D eigenvalue weighted by Crippen LogP contribution is 2.27. The van der Waals surface area contributed by atoms with Crippen LogP contribution in [0.3, 0.4) is 0 Å². The minimum Gasteiger partial charge on any atom is -0.310 e. The molecule has 1 aromatic rings. The molecule has 0 saturated carbocycles. The van der Waals surface area contributed by atoms with Crippen LogP contribution >= 0.6 is 0 Å². The summed E-state index contributed by atoms with van der Waals surface area (Å²) in [6, 6.07) is 3.69. The molecule has 102 valence electrons. The molecule has 1 heterocycles. The molecule has 0 aliphatic rings. The van der Waals surface area contributed by atoms with E-state index in [1.807, 2.05) is 26.0 Å². The molecule has 1 atom stereocenters. The third kappa shape index (κ3) is 5.04. The highest BCUT2D eigenvalue weighted by atomic mass is 19.4. The van der Waals surface area contributed by atoms with E-state index >= 15 is 0 Å². The fraction of sp³-hybridized carbons (Fsp3) is 0.615. The topological polar surface area (TPSA) is 24.9 Å². The quantitative estimate of drug-likeness (QED) is 0.842. The van der Waals surface area contributed by atoms with Gasteiger partial charge in [0.1, 0.15) is 0 Å². The maximum Gasteiger partial charge on any atom is 0.389 e. The van der Waals surface area contributed by atoms with Gasteiger partial charge in [0.2, 0.25) is 0 Å². The zero-order chi connectivity index (χ0) is 13.6. The van der Waals surface area contributed by atoms with Gasteiger partial charge in [-0.15, -0.1) is 0 Å². The van der Waals surface area contributed by atoms with Gasteiger partial charge in [-0.05, 0) is 37.9 Å². The fourth-order valence-corrected chi connectivity index (χ4v) is 1.99. The lowest BCUT2D eigenvalue weighted by molar-refractivity contribution is -0.135. The van der Waals surface area contributed by atoms with Crippen molar-refractivity contribution in [3.8, 4) is 0 Å². The molecule has 1 aromatic heterocycles. The number of rotatable bonds is 6. The van der Waals surface area contributed by atoms with Gasteiger partial charge in [-0.1, -0.05) is 13.0 Å². The van der Waals surface area contributed by atoms with Crippen LogP contribution in [-0.4, -0.2) is 17.7 Å². The molecule has 1 rings (SSSR count). The first-order valence-corrected chi connectivity index (χ1v) is 6.15. The number of nitrogens with one attached hydrogen (secondary N) is 1. The Hall–Kier alpha value is -1.10. The summed E-state index contributed by atoms with van der Waals surface area (Å²) < 4.78 is 36.4. The smallest absolute Gasteiger partial charge is 0.310 e. The average Bonchev–Trinajstić information content (AvgIpc) is 2.27. The molecule has 0 aliphatic carbocycles. The van der Waals surface area contributed by atoms with Crippen LogP contribution in [0.5, 0.6) is 0 Å². The van der Waals surface area contributed by atoms with E-state index in [4.69, 9.17) is 0 Å². The second-order valence-corrected chi connectivity index (χ2v) is 4.30. The van der Waals surface area contributed by atoms with E-state index in [2.05, 4.69) is 10.3 Å². The minimum absolute atomic E-state index is 0.0500. The van der Waals surface area contributed by atoms with Crippen LogP contribution in [0.25, 0.3) is 0 Å². The van der Waals surface area contributed by atoms with E-state index in [0.29, 0.717) is 6.42 Å². The molecule has 0 amide bonds. The molecule has 18 heavy (non-hydrogen) atoms. The van der Waals surface area contributed by atoms with Crippen LogP contribution in [0.15, 0.2) is 18.3 Å². The summed E-state index contributed by atoms with van der Waals surface area (Å²) in [4.78, 5) is 4.18. The molecule has 0 aromatic carbocycles. The van der Waals surface area contributed by atoms with E-state index < -0.39 is 12.6 Å². The van der Waals surface area contributed by atoms with Crippen LogP contribution in [-0.2, 0) is 0 Å². The van der Waals surface area contributed by atoms with E-state index in [-0.39, 0.29) is 12.5 Å². The van der Waals surface area contributed by atoms with Gasteiger partial charge in [0.15, 0.2) is 0 Å². The molecular formula is C13H19F3N2. The number of nitrogens with zero attached hydrogens (tertiary/aromatic N) is 1. The predicted molar refractivity (Wildman–Crippen MR) is 65.3 cm³/mol. The largest absolute Gasteiger partial charge is 0.389 e. The van der Waals surface area contributed by atoms with Crippen LogP contribution < -0.4 is 5.32 Å². The van der Waals surface area contributed by atoms with Crippen LogP contribution in [0.1, 0.15) is 43.5 Å². The van der Waals surface area contributed by atoms with Crippen molar-refractivity contribution < 1.29 is 13.2 Å². The number of hydrogen-bond donors (Lipinski definition) is 1. The lowest BCUT2D eigenvalue weighted by atomic mass is 9.99. The van der Waals surface area contributed by atoms with Crippen molar-refractivity contribution in [3.05, 3.63) is 29.6 Å². The van der Waals surface area contributed by atoms with Gasteiger partial charge < -0.3 is 5.32 Å². The van der Waals surface area contributed by atoms with Crippen molar-refractivity contribution >= 4 is 0 Å². The summed E-state index contributed by atoms with van der Waals surface area (Å²) in [5.74, 6) is 0. The Balaban J connectivity index is 2.63. The number of halogens is 3. The monoisotopic (exact) mass is 260 g/mol. The SMILES string of the molecule is CCNC(CCCC(F)(F)F)c1cccnc1C. The van der Waals surface area contributed by atoms with E-state index in [9.17, 15) is 13.2 Å². The lowest BCUT2D eigenvalue weighted by Crippen LogP contribution is -2.22. The third-order valence-corrected chi connectivity index (χ3v) is 2.83. The second-order valence-electron chi connectivity index (χ2n) is 4.30. The Bertz CT molecular complexity index is 363. The summed E-state index contributed by atoms with van der Waals surface area (Å²) in [6.07, 6.45) is -2.50. The summed E-state index contributed by atoms with van der Waals surface area (Å²) in [6.45, 7) is 4.55. The van der Waals surface area contributed by atoms with Crippen molar-refractivity contribution in [3.63, 3.8) is 0 Å². The van der Waals surface area contributed by atoms with Gasteiger partial charge in [0, 0.05) is 24.4 Å². The summed E-state index contributed by atoms with van der Waals surface area (Å²) >= 11 is 0. The van der Waals surface area contributed by atoms with Gasteiger partial charge in [0.25, 0.3) is 0 Å². The van der Waals surface area contributed by atoms with Crippen molar-refractivity contribution in [2.45, 2.75) is 45.3 Å². The van der Waals surface area contributed by atoms with Crippen molar-refractivity contribution in [2.75, 3.05) is 6.54 Å². The van der Waals surface area contributed by atoms with E-state index in [1.54, 1.807) is 6.20 Å². The van der Waals surface area contributed by atoms with E-state index in [1.165, 1.54) is 0 Å². The Kier molecular flexibility index (Phi) is 5.59. The maximum absolute atomic E-state index is 12.1. The molecule has 0 bridgehead atoms. The normalized spacial score (nSPS) is 13.6.